The van der Waals surface area contributed by atoms with Crippen molar-refractivity contribution < 1.29 is 14.5 Å². The van der Waals surface area contributed by atoms with E-state index in [0.29, 0.717) is 27.6 Å². The van der Waals surface area contributed by atoms with Gasteiger partial charge >= 0.3 is 0 Å². The summed E-state index contributed by atoms with van der Waals surface area (Å²) in [6, 6.07) is 10.9. The number of anilines is 1. The fourth-order valence-corrected chi connectivity index (χ4v) is 2.37. The second-order valence-electron chi connectivity index (χ2n) is 4.90. The average molecular weight is 331 g/mol. The summed E-state index contributed by atoms with van der Waals surface area (Å²) in [6.45, 7) is 0.120. The van der Waals surface area contributed by atoms with Crippen molar-refractivity contribution in [3.8, 4) is 5.75 Å². The fourth-order valence-electron chi connectivity index (χ4n) is 2.19. The van der Waals surface area contributed by atoms with Crippen molar-refractivity contribution >= 4 is 35.0 Å². The Morgan fingerprint density at radius 1 is 1.26 bits per heavy atom. The molecule has 0 saturated carbocycles. The number of non-ortho nitro benzene ring substituents is 1. The highest BCUT2D eigenvalue weighted by atomic mass is 35.5. The van der Waals surface area contributed by atoms with Crippen molar-refractivity contribution in [3.63, 3.8) is 0 Å². The quantitative estimate of drug-likeness (QED) is 0.687. The first kappa shape index (κ1) is 15.1. The van der Waals surface area contributed by atoms with Gasteiger partial charge in [0.05, 0.1) is 10.5 Å². The van der Waals surface area contributed by atoms with Gasteiger partial charge in [-0.15, -0.1) is 0 Å². The molecule has 0 bridgehead atoms. The molecule has 0 spiro atoms. The summed E-state index contributed by atoms with van der Waals surface area (Å²) in [5.74, 6) is 0.275. The lowest BCUT2D eigenvalue weighted by molar-refractivity contribution is -0.384. The molecule has 1 aliphatic heterocycles. The number of nitrogens with one attached hydrogen (secondary N) is 1. The number of benzene rings is 2. The van der Waals surface area contributed by atoms with E-state index in [1.54, 1.807) is 30.3 Å². The van der Waals surface area contributed by atoms with Gasteiger partial charge in [0, 0.05) is 28.4 Å². The predicted molar refractivity (Wildman–Crippen MR) is 86.7 cm³/mol. The number of hydrogen-bond acceptors (Lipinski definition) is 4. The molecular formula is C16H11ClN2O4. The number of rotatable bonds is 3. The second kappa shape index (κ2) is 6.10. The lowest BCUT2D eigenvalue weighted by Gasteiger charge is -2.17. The van der Waals surface area contributed by atoms with E-state index in [9.17, 15) is 14.9 Å². The molecule has 7 heteroatoms. The minimum absolute atomic E-state index is 0.0891. The number of ether oxygens (including phenoxy) is 1. The summed E-state index contributed by atoms with van der Waals surface area (Å²) in [7, 11) is 0. The van der Waals surface area contributed by atoms with Gasteiger partial charge in [0.2, 0.25) is 0 Å². The summed E-state index contributed by atoms with van der Waals surface area (Å²) >= 11 is 5.93. The van der Waals surface area contributed by atoms with E-state index < -0.39 is 4.92 Å². The number of carbonyl (C=O) groups is 1. The first-order valence-corrected chi connectivity index (χ1v) is 7.09. The third kappa shape index (κ3) is 3.32. The number of fused-ring (bicyclic) bond motifs is 1. The van der Waals surface area contributed by atoms with Crippen molar-refractivity contribution in [3.05, 3.63) is 68.7 Å². The van der Waals surface area contributed by atoms with Crippen molar-refractivity contribution in [2.45, 2.75) is 0 Å². The van der Waals surface area contributed by atoms with E-state index in [1.165, 1.54) is 18.2 Å². The molecule has 23 heavy (non-hydrogen) atoms. The molecule has 1 aliphatic rings. The first-order chi connectivity index (χ1) is 11.0. The van der Waals surface area contributed by atoms with Crippen LogP contribution in [0.25, 0.3) is 6.08 Å². The molecule has 116 valence electrons. The van der Waals surface area contributed by atoms with Crippen LogP contribution in [0.5, 0.6) is 5.75 Å². The predicted octanol–water partition coefficient (Wildman–Crippen LogP) is 3.66. The summed E-state index contributed by atoms with van der Waals surface area (Å²) in [4.78, 5) is 22.5. The van der Waals surface area contributed by atoms with Crippen LogP contribution in [0.15, 0.2) is 48.0 Å². The van der Waals surface area contributed by atoms with Crippen molar-refractivity contribution in [2.24, 2.45) is 0 Å². The van der Waals surface area contributed by atoms with Crippen LogP contribution < -0.4 is 10.1 Å². The van der Waals surface area contributed by atoms with Crippen LogP contribution in [-0.2, 0) is 4.79 Å². The van der Waals surface area contributed by atoms with Gasteiger partial charge in [-0.3, -0.25) is 14.9 Å². The summed E-state index contributed by atoms with van der Waals surface area (Å²) in [5.41, 5.74) is 1.38. The third-order valence-electron chi connectivity index (χ3n) is 3.29. The fraction of sp³-hybridized carbons (Fsp3) is 0.0625. The normalized spacial score (nSPS) is 12.7. The topological polar surface area (TPSA) is 81.5 Å². The molecule has 1 N–H and O–H groups in total. The number of carbonyl (C=O) groups excluding carboxylic acids is 1. The highest BCUT2D eigenvalue weighted by Crippen LogP contribution is 2.29. The molecule has 0 unspecified atom stereocenters. The van der Waals surface area contributed by atoms with Gasteiger partial charge in [-0.1, -0.05) is 17.7 Å². The smallest absolute Gasteiger partial charge is 0.271 e. The molecule has 3 rings (SSSR count). The Balaban J connectivity index is 1.81. The van der Waals surface area contributed by atoms with Gasteiger partial charge in [-0.2, -0.15) is 0 Å². The molecule has 0 saturated heterocycles. The SMILES string of the molecule is O=C(Nc1cccc([N+](=O)[O-])c1)C1=Cc2cc(Cl)ccc2OC1. The molecule has 1 heterocycles. The Morgan fingerprint density at radius 3 is 2.87 bits per heavy atom. The Kier molecular flexibility index (Phi) is 3.99. The van der Waals surface area contributed by atoms with Gasteiger partial charge in [-0.05, 0) is 30.3 Å². The maximum absolute atomic E-state index is 12.3. The van der Waals surface area contributed by atoms with E-state index in [1.807, 2.05) is 0 Å². The zero-order valence-electron chi connectivity index (χ0n) is 11.8. The standard InChI is InChI=1S/C16H11ClN2O4/c17-12-4-5-15-10(7-12)6-11(9-23-15)16(20)18-13-2-1-3-14(8-13)19(21)22/h1-8H,9H2,(H,18,20). The summed E-state index contributed by atoms with van der Waals surface area (Å²) in [6.07, 6.45) is 1.69. The molecular weight excluding hydrogens is 320 g/mol. The molecule has 0 fully saturated rings. The van der Waals surface area contributed by atoms with Gasteiger partial charge in [0.25, 0.3) is 11.6 Å². The molecule has 1 amide bonds. The minimum Gasteiger partial charge on any atom is -0.488 e. The van der Waals surface area contributed by atoms with Crippen LogP contribution in [0.2, 0.25) is 5.02 Å². The van der Waals surface area contributed by atoms with Gasteiger partial charge in [0.1, 0.15) is 12.4 Å². The Hall–Kier alpha value is -2.86. The largest absolute Gasteiger partial charge is 0.488 e. The maximum atomic E-state index is 12.3. The van der Waals surface area contributed by atoms with Crippen LogP contribution in [0, 0.1) is 10.1 Å². The average Bonchev–Trinajstić information content (AvgIpc) is 2.54. The lowest BCUT2D eigenvalue weighted by atomic mass is 10.1. The molecule has 6 nitrogen and oxygen atoms in total. The Labute approximate surface area is 136 Å². The van der Waals surface area contributed by atoms with Gasteiger partial charge < -0.3 is 10.1 Å². The van der Waals surface area contributed by atoms with E-state index in [0.717, 1.165) is 0 Å². The molecule has 0 atom stereocenters. The monoisotopic (exact) mass is 330 g/mol. The summed E-state index contributed by atoms with van der Waals surface area (Å²) < 4.78 is 5.52. The lowest BCUT2D eigenvalue weighted by Crippen LogP contribution is -2.21. The molecule has 0 aliphatic carbocycles. The zero-order valence-corrected chi connectivity index (χ0v) is 12.5. The van der Waals surface area contributed by atoms with Crippen molar-refractivity contribution in [2.75, 3.05) is 11.9 Å². The highest BCUT2D eigenvalue weighted by Gasteiger charge is 2.18. The van der Waals surface area contributed by atoms with Crippen LogP contribution in [0.1, 0.15) is 5.56 Å². The van der Waals surface area contributed by atoms with Crippen LogP contribution >= 0.6 is 11.6 Å². The Morgan fingerprint density at radius 2 is 2.09 bits per heavy atom. The van der Waals surface area contributed by atoms with Crippen molar-refractivity contribution in [1.82, 2.24) is 0 Å². The van der Waals surface area contributed by atoms with Crippen LogP contribution in [0.4, 0.5) is 11.4 Å². The number of amides is 1. The number of nitrogens with zero attached hydrogens (tertiary/aromatic N) is 1. The zero-order chi connectivity index (χ0) is 16.4. The van der Waals surface area contributed by atoms with Gasteiger partial charge in [0.15, 0.2) is 0 Å². The van der Waals surface area contributed by atoms with E-state index in [-0.39, 0.29) is 18.2 Å². The first-order valence-electron chi connectivity index (χ1n) is 6.71. The van der Waals surface area contributed by atoms with Crippen molar-refractivity contribution in [1.29, 1.82) is 0 Å². The number of hydrogen-bond donors (Lipinski definition) is 1. The molecule has 2 aromatic carbocycles. The number of nitro benzene ring substituents is 1. The minimum atomic E-state index is -0.517. The van der Waals surface area contributed by atoms with E-state index in [2.05, 4.69) is 5.32 Å². The Bertz CT molecular complexity index is 833. The van der Waals surface area contributed by atoms with E-state index >= 15 is 0 Å². The van der Waals surface area contributed by atoms with Gasteiger partial charge in [-0.25, -0.2) is 0 Å². The third-order valence-corrected chi connectivity index (χ3v) is 3.53. The van der Waals surface area contributed by atoms with Crippen LogP contribution in [-0.4, -0.2) is 17.4 Å². The molecule has 0 radical (unpaired) electrons. The molecule has 0 aromatic heterocycles. The number of halogens is 1. The highest BCUT2D eigenvalue weighted by molar-refractivity contribution is 6.30. The summed E-state index contributed by atoms with van der Waals surface area (Å²) in [5, 5.41) is 13.9. The van der Waals surface area contributed by atoms with Crippen LogP contribution in [0.3, 0.4) is 0 Å². The number of nitro groups is 1. The molecule has 2 aromatic rings. The maximum Gasteiger partial charge on any atom is 0.271 e. The second-order valence-corrected chi connectivity index (χ2v) is 5.34. The van der Waals surface area contributed by atoms with E-state index in [4.69, 9.17) is 16.3 Å².